The van der Waals surface area contributed by atoms with Crippen molar-refractivity contribution in [2.45, 2.75) is 38.6 Å². The number of methoxy groups -OCH3 is 1. The zero-order chi connectivity index (χ0) is 13.8. The normalized spacial score (nSPS) is 22.9. The van der Waals surface area contributed by atoms with Gasteiger partial charge in [-0.3, -0.25) is 0 Å². The van der Waals surface area contributed by atoms with E-state index in [9.17, 15) is 4.79 Å². The summed E-state index contributed by atoms with van der Waals surface area (Å²) in [6.45, 7) is 2.29. The Balaban J connectivity index is 2.19. The van der Waals surface area contributed by atoms with Crippen molar-refractivity contribution in [3.05, 3.63) is 18.1 Å². The van der Waals surface area contributed by atoms with Crippen molar-refractivity contribution >= 4 is 11.8 Å². The summed E-state index contributed by atoms with van der Waals surface area (Å²) < 4.78 is 4.79. The topological polar surface area (TPSA) is 55.3 Å². The molecule has 0 bridgehead atoms. The smallest absolute Gasteiger partial charge is 0.343 e. The van der Waals surface area contributed by atoms with Crippen LogP contribution in [-0.2, 0) is 4.74 Å². The Labute approximate surface area is 114 Å². The molecule has 0 radical (unpaired) electrons. The van der Waals surface area contributed by atoms with Crippen LogP contribution in [0.5, 0.6) is 0 Å². The molecule has 1 saturated carbocycles. The van der Waals surface area contributed by atoms with Crippen molar-refractivity contribution in [3.8, 4) is 0 Å². The third kappa shape index (κ3) is 3.03. The third-order valence-electron chi connectivity index (χ3n) is 3.96. The summed E-state index contributed by atoms with van der Waals surface area (Å²) in [6.07, 6.45) is 7.74. The first-order valence-corrected chi connectivity index (χ1v) is 6.74. The highest BCUT2D eigenvalue weighted by Crippen LogP contribution is 2.29. The Kier molecular flexibility index (Phi) is 4.35. The molecular formula is C14H21N3O2. The first-order chi connectivity index (χ1) is 9.13. The zero-order valence-electron chi connectivity index (χ0n) is 11.8. The van der Waals surface area contributed by atoms with Gasteiger partial charge < -0.3 is 9.64 Å². The van der Waals surface area contributed by atoms with Crippen LogP contribution < -0.4 is 4.90 Å². The molecule has 0 amide bonds. The maximum Gasteiger partial charge on any atom is 0.343 e. The van der Waals surface area contributed by atoms with Gasteiger partial charge in [-0.2, -0.15) is 0 Å². The molecule has 2 rings (SSSR count). The van der Waals surface area contributed by atoms with Crippen LogP contribution in [0.15, 0.2) is 12.5 Å². The van der Waals surface area contributed by atoms with Crippen molar-refractivity contribution in [3.63, 3.8) is 0 Å². The molecule has 1 aliphatic rings. The van der Waals surface area contributed by atoms with E-state index >= 15 is 0 Å². The van der Waals surface area contributed by atoms with Gasteiger partial charge in [0.1, 0.15) is 17.7 Å². The molecule has 0 atom stereocenters. The molecule has 1 aromatic rings. The van der Waals surface area contributed by atoms with Crippen LogP contribution in [0.1, 0.15) is 43.0 Å². The number of rotatable bonds is 3. The molecule has 0 aliphatic heterocycles. The molecule has 0 unspecified atom stereocenters. The number of hydrogen-bond acceptors (Lipinski definition) is 5. The molecule has 0 spiro atoms. The minimum Gasteiger partial charge on any atom is -0.465 e. The number of nitrogens with zero attached hydrogens (tertiary/aromatic N) is 3. The number of anilines is 1. The number of carbonyl (C=O) groups is 1. The predicted molar refractivity (Wildman–Crippen MR) is 73.2 cm³/mol. The van der Waals surface area contributed by atoms with E-state index in [0.717, 1.165) is 18.8 Å². The second-order valence-corrected chi connectivity index (χ2v) is 5.28. The number of ether oxygens (including phenoxy) is 1. The van der Waals surface area contributed by atoms with Gasteiger partial charge in [0.25, 0.3) is 0 Å². The van der Waals surface area contributed by atoms with E-state index in [1.807, 2.05) is 7.05 Å². The molecule has 5 nitrogen and oxygen atoms in total. The summed E-state index contributed by atoms with van der Waals surface area (Å²) in [5, 5.41) is 0. The molecular weight excluding hydrogens is 242 g/mol. The maximum atomic E-state index is 11.7. The lowest BCUT2D eigenvalue weighted by molar-refractivity contribution is 0.0600. The fourth-order valence-corrected chi connectivity index (χ4v) is 2.66. The van der Waals surface area contributed by atoms with Gasteiger partial charge in [-0.1, -0.05) is 6.92 Å². The predicted octanol–water partition coefficient (Wildman–Crippen LogP) is 2.28. The quantitative estimate of drug-likeness (QED) is 0.783. The Bertz CT molecular complexity index is 442. The van der Waals surface area contributed by atoms with E-state index in [0.29, 0.717) is 17.4 Å². The Morgan fingerprint density at radius 3 is 2.68 bits per heavy atom. The standard InChI is InChI=1S/C14H21N3O2/c1-10-4-6-11(7-5-10)17(2)13-12(14(18)19-3)8-15-9-16-13/h8-11H,4-7H2,1-3H3. The number of carbonyl (C=O) groups excluding carboxylic acids is 1. The Hall–Kier alpha value is -1.65. The van der Waals surface area contributed by atoms with Crippen LogP contribution in [0.25, 0.3) is 0 Å². The second kappa shape index (κ2) is 5.99. The molecule has 1 aromatic heterocycles. The van der Waals surface area contributed by atoms with Gasteiger partial charge in [0, 0.05) is 19.3 Å². The van der Waals surface area contributed by atoms with Gasteiger partial charge >= 0.3 is 5.97 Å². The highest BCUT2D eigenvalue weighted by Gasteiger charge is 2.25. The lowest BCUT2D eigenvalue weighted by Crippen LogP contribution is -2.36. The lowest BCUT2D eigenvalue weighted by atomic mass is 9.86. The largest absolute Gasteiger partial charge is 0.465 e. The van der Waals surface area contributed by atoms with Crippen molar-refractivity contribution in [1.82, 2.24) is 9.97 Å². The molecule has 1 aliphatic carbocycles. The van der Waals surface area contributed by atoms with Crippen LogP contribution in [-0.4, -0.2) is 36.1 Å². The Morgan fingerprint density at radius 2 is 2.05 bits per heavy atom. The van der Waals surface area contributed by atoms with Crippen molar-refractivity contribution in [1.29, 1.82) is 0 Å². The summed E-state index contributed by atoms with van der Waals surface area (Å²) in [6, 6.07) is 0.439. The van der Waals surface area contributed by atoms with E-state index in [1.165, 1.54) is 32.5 Å². The summed E-state index contributed by atoms with van der Waals surface area (Å²) >= 11 is 0. The number of hydrogen-bond donors (Lipinski definition) is 0. The summed E-state index contributed by atoms with van der Waals surface area (Å²) in [5.41, 5.74) is 0.436. The molecule has 1 heterocycles. The van der Waals surface area contributed by atoms with Gasteiger partial charge in [0.2, 0.25) is 0 Å². The monoisotopic (exact) mass is 263 g/mol. The summed E-state index contributed by atoms with van der Waals surface area (Å²) in [7, 11) is 3.37. The summed E-state index contributed by atoms with van der Waals surface area (Å²) in [5.74, 6) is 1.09. The average Bonchev–Trinajstić information content (AvgIpc) is 2.46. The van der Waals surface area contributed by atoms with Gasteiger partial charge in [-0.15, -0.1) is 0 Å². The van der Waals surface area contributed by atoms with E-state index in [-0.39, 0.29) is 5.97 Å². The van der Waals surface area contributed by atoms with Gasteiger partial charge in [-0.05, 0) is 31.6 Å². The van der Waals surface area contributed by atoms with Gasteiger partial charge in [-0.25, -0.2) is 14.8 Å². The second-order valence-electron chi connectivity index (χ2n) is 5.28. The molecule has 0 saturated heterocycles. The van der Waals surface area contributed by atoms with E-state index in [1.54, 1.807) is 0 Å². The van der Waals surface area contributed by atoms with E-state index in [2.05, 4.69) is 21.8 Å². The minimum atomic E-state index is -0.383. The molecule has 0 N–H and O–H groups in total. The number of aromatic nitrogens is 2. The molecule has 5 heteroatoms. The van der Waals surface area contributed by atoms with Gasteiger partial charge in [0.05, 0.1) is 7.11 Å². The van der Waals surface area contributed by atoms with E-state index < -0.39 is 0 Å². The summed E-state index contributed by atoms with van der Waals surface area (Å²) in [4.78, 5) is 22.0. The highest BCUT2D eigenvalue weighted by molar-refractivity contribution is 5.94. The van der Waals surface area contributed by atoms with Crippen LogP contribution in [0.3, 0.4) is 0 Å². The molecule has 104 valence electrons. The fraction of sp³-hybridized carbons (Fsp3) is 0.643. The van der Waals surface area contributed by atoms with Crippen LogP contribution in [0.4, 0.5) is 5.82 Å². The SMILES string of the molecule is COC(=O)c1cncnc1N(C)C1CCC(C)CC1. The van der Waals surface area contributed by atoms with Crippen LogP contribution in [0.2, 0.25) is 0 Å². The molecule has 1 fully saturated rings. The minimum absolute atomic E-state index is 0.383. The number of esters is 1. The van der Waals surface area contributed by atoms with Gasteiger partial charge in [0.15, 0.2) is 0 Å². The molecule has 19 heavy (non-hydrogen) atoms. The van der Waals surface area contributed by atoms with Crippen LogP contribution in [0, 0.1) is 5.92 Å². The average molecular weight is 263 g/mol. The first-order valence-electron chi connectivity index (χ1n) is 6.74. The highest BCUT2D eigenvalue weighted by atomic mass is 16.5. The third-order valence-corrected chi connectivity index (χ3v) is 3.96. The first kappa shape index (κ1) is 13.8. The van der Waals surface area contributed by atoms with Crippen molar-refractivity contribution in [2.24, 2.45) is 5.92 Å². The maximum absolute atomic E-state index is 11.7. The fourth-order valence-electron chi connectivity index (χ4n) is 2.66. The van der Waals surface area contributed by atoms with E-state index in [4.69, 9.17) is 4.74 Å². The van der Waals surface area contributed by atoms with Crippen molar-refractivity contribution < 1.29 is 9.53 Å². The zero-order valence-corrected chi connectivity index (χ0v) is 11.8. The lowest BCUT2D eigenvalue weighted by Gasteiger charge is -2.34. The Morgan fingerprint density at radius 1 is 1.37 bits per heavy atom. The van der Waals surface area contributed by atoms with Crippen LogP contribution >= 0.6 is 0 Å². The van der Waals surface area contributed by atoms with Crippen molar-refractivity contribution in [2.75, 3.05) is 19.1 Å². The molecule has 0 aromatic carbocycles.